The van der Waals surface area contributed by atoms with E-state index in [4.69, 9.17) is 4.74 Å². The van der Waals surface area contributed by atoms with Gasteiger partial charge >= 0.3 is 0 Å². The van der Waals surface area contributed by atoms with Crippen LogP contribution in [0.3, 0.4) is 0 Å². The highest BCUT2D eigenvalue weighted by molar-refractivity contribution is 9.10. The Balaban J connectivity index is 2.02. The highest BCUT2D eigenvalue weighted by Gasteiger charge is 2.27. The second kappa shape index (κ2) is 5.91. The molecule has 1 aliphatic rings. The summed E-state index contributed by atoms with van der Waals surface area (Å²) in [4.78, 5) is 17.6. The first kappa shape index (κ1) is 15.7. The van der Waals surface area contributed by atoms with E-state index in [-0.39, 0.29) is 18.2 Å². The molecule has 2 unspecified atom stereocenters. The number of aliphatic hydroxyl groups is 1. The lowest BCUT2D eigenvalue weighted by molar-refractivity contribution is -0.644. The van der Waals surface area contributed by atoms with E-state index in [9.17, 15) is 9.90 Å². The lowest BCUT2D eigenvalue weighted by Crippen LogP contribution is -2.39. The highest BCUT2D eigenvalue weighted by atomic mass is 79.9. The van der Waals surface area contributed by atoms with Crippen molar-refractivity contribution in [3.05, 3.63) is 45.5 Å². The Labute approximate surface area is 146 Å². The van der Waals surface area contributed by atoms with Crippen molar-refractivity contribution in [3.8, 4) is 0 Å². The molecule has 0 bridgehead atoms. The Morgan fingerprint density at radius 2 is 2.29 bits per heavy atom. The van der Waals surface area contributed by atoms with E-state index >= 15 is 0 Å². The van der Waals surface area contributed by atoms with E-state index in [1.807, 2.05) is 36.0 Å². The fourth-order valence-electron chi connectivity index (χ4n) is 3.38. The van der Waals surface area contributed by atoms with Gasteiger partial charge in [-0.25, -0.2) is 4.98 Å². The maximum absolute atomic E-state index is 13.0. The lowest BCUT2D eigenvalue weighted by Gasteiger charge is -2.29. The molecule has 4 rings (SSSR count). The Bertz CT molecular complexity index is 1000. The third-order valence-corrected chi connectivity index (χ3v) is 5.27. The number of fused-ring (bicyclic) bond motifs is 3. The van der Waals surface area contributed by atoms with Gasteiger partial charge in [-0.1, -0.05) is 0 Å². The molecule has 0 saturated carbocycles. The van der Waals surface area contributed by atoms with E-state index in [2.05, 4.69) is 20.9 Å². The third-order valence-electron chi connectivity index (χ3n) is 4.61. The molecule has 1 fully saturated rings. The molecule has 0 spiro atoms. The number of pyridine rings is 1. The van der Waals surface area contributed by atoms with E-state index in [0.29, 0.717) is 23.9 Å². The number of hydrogen-bond acceptors (Lipinski definition) is 4. The summed E-state index contributed by atoms with van der Waals surface area (Å²) in [6.07, 6.45) is 3.38. The Morgan fingerprint density at radius 1 is 1.46 bits per heavy atom. The minimum absolute atomic E-state index is 0.141. The smallest absolute Gasteiger partial charge is 0.261 e. The van der Waals surface area contributed by atoms with Gasteiger partial charge in [-0.15, -0.1) is 0 Å². The average molecular weight is 391 g/mol. The van der Waals surface area contributed by atoms with Gasteiger partial charge in [0.2, 0.25) is 5.52 Å². The number of ether oxygens (including phenoxy) is 1. The van der Waals surface area contributed by atoms with Gasteiger partial charge in [-0.2, -0.15) is 4.57 Å². The van der Waals surface area contributed by atoms with Crippen molar-refractivity contribution < 1.29 is 14.4 Å². The van der Waals surface area contributed by atoms with Gasteiger partial charge in [-0.3, -0.25) is 9.36 Å². The van der Waals surface area contributed by atoms with Crippen molar-refractivity contribution in [2.24, 2.45) is 7.05 Å². The predicted molar refractivity (Wildman–Crippen MR) is 92.9 cm³/mol. The summed E-state index contributed by atoms with van der Waals surface area (Å²) in [5.74, 6) is 0. The lowest BCUT2D eigenvalue weighted by atomic mass is 10.1. The molecule has 3 aromatic rings. The third kappa shape index (κ3) is 2.35. The van der Waals surface area contributed by atoms with E-state index < -0.39 is 6.10 Å². The van der Waals surface area contributed by atoms with Crippen LogP contribution >= 0.6 is 15.9 Å². The molecule has 6 nitrogen and oxygen atoms in total. The molecule has 2 atom stereocenters. The van der Waals surface area contributed by atoms with Crippen molar-refractivity contribution in [3.63, 3.8) is 0 Å². The predicted octanol–water partition coefficient (Wildman–Crippen LogP) is 1.46. The van der Waals surface area contributed by atoms with Crippen LogP contribution in [-0.2, 0) is 11.8 Å². The van der Waals surface area contributed by atoms with Gasteiger partial charge in [0.25, 0.3) is 5.56 Å². The minimum Gasteiger partial charge on any atom is -0.389 e. The van der Waals surface area contributed by atoms with Crippen molar-refractivity contribution in [2.75, 3.05) is 13.2 Å². The number of aromatic nitrogens is 3. The van der Waals surface area contributed by atoms with Crippen LogP contribution in [0.15, 0.2) is 40.0 Å². The zero-order chi connectivity index (χ0) is 16.8. The van der Waals surface area contributed by atoms with Crippen LogP contribution in [0, 0.1) is 0 Å². The Kier molecular flexibility index (Phi) is 3.86. The SMILES string of the molecule is C[n+]1cccc2c(Br)cc3c(=O)n(C4CCOCC4O)cnc3c21. The number of nitrogens with zero attached hydrogens (tertiary/aromatic N) is 3. The van der Waals surface area contributed by atoms with E-state index in [1.165, 1.54) is 4.57 Å². The van der Waals surface area contributed by atoms with Gasteiger partial charge in [0, 0.05) is 17.1 Å². The summed E-state index contributed by atoms with van der Waals surface area (Å²) in [6, 6.07) is 5.46. The maximum atomic E-state index is 13.0. The largest absolute Gasteiger partial charge is 0.389 e. The van der Waals surface area contributed by atoms with E-state index in [1.54, 1.807) is 6.33 Å². The zero-order valence-electron chi connectivity index (χ0n) is 13.1. The fraction of sp³-hybridized carbons (Fsp3) is 0.353. The van der Waals surface area contributed by atoms with Crippen LogP contribution in [0.2, 0.25) is 0 Å². The molecule has 3 heterocycles. The van der Waals surface area contributed by atoms with E-state index in [0.717, 1.165) is 15.4 Å². The van der Waals surface area contributed by atoms with Crippen LogP contribution in [-0.4, -0.2) is 34.0 Å². The number of aryl methyl sites for hydroxylation is 1. The molecule has 124 valence electrons. The quantitative estimate of drug-likeness (QED) is 0.504. The monoisotopic (exact) mass is 390 g/mol. The molecule has 1 saturated heterocycles. The number of hydrogen-bond donors (Lipinski definition) is 1. The van der Waals surface area contributed by atoms with Crippen LogP contribution in [0.5, 0.6) is 0 Å². The van der Waals surface area contributed by atoms with Gasteiger partial charge in [0.1, 0.15) is 12.6 Å². The Hall–Kier alpha value is -1.83. The molecule has 24 heavy (non-hydrogen) atoms. The summed E-state index contributed by atoms with van der Waals surface area (Å²) >= 11 is 3.56. The molecule has 7 heteroatoms. The summed E-state index contributed by atoms with van der Waals surface area (Å²) in [5.41, 5.74) is 1.43. The molecule has 0 amide bonds. The first-order valence-corrected chi connectivity index (χ1v) is 8.61. The van der Waals surface area contributed by atoms with Gasteiger partial charge in [0.15, 0.2) is 6.20 Å². The van der Waals surface area contributed by atoms with Crippen molar-refractivity contribution in [1.29, 1.82) is 0 Å². The Morgan fingerprint density at radius 3 is 3.08 bits per heavy atom. The topological polar surface area (TPSA) is 68.2 Å². The number of halogens is 1. The maximum Gasteiger partial charge on any atom is 0.261 e. The first-order chi connectivity index (χ1) is 11.6. The number of aliphatic hydroxyl groups excluding tert-OH is 1. The molecule has 1 N–H and O–H groups in total. The van der Waals surface area contributed by atoms with Crippen molar-refractivity contribution >= 4 is 37.7 Å². The normalized spacial score (nSPS) is 21.5. The van der Waals surface area contributed by atoms with Crippen LogP contribution in [0.4, 0.5) is 0 Å². The summed E-state index contributed by atoms with van der Waals surface area (Å²) in [6.45, 7) is 0.772. The van der Waals surface area contributed by atoms with Crippen LogP contribution in [0.1, 0.15) is 12.5 Å². The molecular weight excluding hydrogens is 374 g/mol. The van der Waals surface area contributed by atoms with Crippen molar-refractivity contribution in [1.82, 2.24) is 9.55 Å². The molecule has 0 radical (unpaired) electrons. The number of rotatable bonds is 1. The number of benzene rings is 1. The van der Waals surface area contributed by atoms with Crippen molar-refractivity contribution in [2.45, 2.75) is 18.6 Å². The van der Waals surface area contributed by atoms with Gasteiger partial charge in [-0.05, 0) is 34.5 Å². The zero-order valence-corrected chi connectivity index (χ0v) is 14.7. The second-order valence-electron chi connectivity index (χ2n) is 6.09. The van der Waals surface area contributed by atoms with Gasteiger partial charge < -0.3 is 9.84 Å². The molecule has 2 aromatic heterocycles. The molecular formula is C17H17BrN3O3+. The van der Waals surface area contributed by atoms with Crippen LogP contribution < -0.4 is 10.1 Å². The highest BCUT2D eigenvalue weighted by Crippen LogP contribution is 2.28. The summed E-state index contributed by atoms with van der Waals surface area (Å²) in [7, 11) is 1.93. The molecule has 1 aliphatic heterocycles. The molecule has 0 aliphatic carbocycles. The summed E-state index contributed by atoms with van der Waals surface area (Å²) in [5, 5.41) is 11.7. The fourth-order valence-corrected chi connectivity index (χ4v) is 3.93. The van der Waals surface area contributed by atoms with Crippen LogP contribution in [0.25, 0.3) is 21.8 Å². The molecule has 1 aromatic carbocycles. The van der Waals surface area contributed by atoms with Gasteiger partial charge in [0.05, 0.1) is 35.9 Å². The summed E-state index contributed by atoms with van der Waals surface area (Å²) < 4.78 is 9.61. The average Bonchev–Trinajstić information content (AvgIpc) is 2.57. The standard InChI is InChI=1S/C17H17BrN3O3/c1-20-5-2-3-10-12(18)7-11-15(16(10)20)19-9-21(17(11)23)13-4-6-24-8-14(13)22/h2-3,5,7,9,13-14,22H,4,6,8H2,1H3/q+1. The second-order valence-corrected chi connectivity index (χ2v) is 6.95. The first-order valence-electron chi connectivity index (χ1n) is 7.81. The minimum atomic E-state index is -0.698.